The maximum atomic E-state index is 11.1. The van der Waals surface area contributed by atoms with Crippen molar-refractivity contribution in [3.63, 3.8) is 0 Å². The van der Waals surface area contributed by atoms with Crippen LogP contribution in [0.1, 0.15) is 24.2 Å². The Morgan fingerprint density at radius 2 is 1.88 bits per heavy atom. The molecule has 16 heavy (non-hydrogen) atoms. The number of nitrogens with one attached hydrogen (secondary N) is 1. The first-order chi connectivity index (χ1) is 7.34. The number of carboxylic acid groups (broad SMARTS) is 1. The van der Waals surface area contributed by atoms with E-state index in [1.807, 2.05) is 0 Å². The molecule has 5 nitrogen and oxygen atoms in total. The van der Waals surface area contributed by atoms with Crippen molar-refractivity contribution in [2.75, 3.05) is 5.32 Å². The predicted octanol–water partition coefficient (Wildman–Crippen LogP) is 1.06. The van der Waals surface area contributed by atoms with Gasteiger partial charge in [0.1, 0.15) is 5.54 Å². The highest BCUT2D eigenvalue weighted by atomic mass is 16.4. The van der Waals surface area contributed by atoms with Crippen molar-refractivity contribution in [2.24, 2.45) is 5.73 Å². The highest BCUT2D eigenvalue weighted by molar-refractivity contribution is 5.96. The molecule has 1 amide bonds. The van der Waals surface area contributed by atoms with Crippen molar-refractivity contribution >= 4 is 17.6 Å². The molecule has 0 saturated heterocycles. The fraction of sp³-hybridized carbons (Fsp3) is 0.273. The van der Waals surface area contributed by atoms with Crippen LogP contribution in [0.25, 0.3) is 0 Å². The van der Waals surface area contributed by atoms with E-state index in [0.717, 1.165) is 0 Å². The number of benzene rings is 1. The number of carbonyl (C=O) groups excluding carboxylic acids is 1. The van der Waals surface area contributed by atoms with Gasteiger partial charge in [-0.2, -0.15) is 0 Å². The highest BCUT2D eigenvalue weighted by Crippen LogP contribution is 2.19. The Kier molecular flexibility index (Phi) is 3.17. The van der Waals surface area contributed by atoms with E-state index in [-0.39, 0.29) is 5.56 Å². The molecule has 1 aromatic rings. The van der Waals surface area contributed by atoms with Gasteiger partial charge in [0.2, 0.25) is 5.91 Å². The van der Waals surface area contributed by atoms with Crippen LogP contribution in [0, 0.1) is 0 Å². The van der Waals surface area contributed by atoms with Crippen LogP contribution >= 0.6 is 0 Å². The number of carbonyl (C=O) groups is 2. The average Bonchev–Trinajstić information content (AvgIpc) is 2.17. The van der Waals surface area contributed by atoms with Crippen LogP contribution in [0.2, 0.25) is 0 Å². The molecule has 4 N–H and O–H groups in total. The third kappa shape index (κ3) is 2.50. The summed E-state index contributed by atoms with van der Waals surface area (Å²) in [6.45, 7) is 3.18. The Morgan fingerprint density at radius 1 is 1.31 bits per heavy atom. The highest BCUT2D eigenvalue weighted by Gasteiger charge is 2.25. The first-order valence-corrected chi connectivity index (χ1v) is 4.75. The van der Waals surface area contributed by atoms with Gasteiger partial charge in [-0.3, -0.25) is 4.79 Å². The lowest BCUT2D eigenvalue weighted by molar-refractivity contribution is -0.121. The van der Waals surface area contributed by atoms with Gasteiger partial charge in [-0.25, -0.2) is 4.79 Å². The molecule has 0 aliphatic carbocycles. The monoisotopic (exact) mass is 222 g/mol. The molecular formula is C11H14N2O3. The second-order valence-corrected chi connectivity index (χ2v) is 3.96. The molecule has 0 atom stereocenters. The summed E-state index contributed by atoms with van der Waals surface area (Å²) in [6, 6.07) is 6.35. The number of amides is 1. The molecule has 0 saturated carbocycles. The topological polar surface area (TPSA) is 92.4 Å². The van der Waals surface area contributed by atoms with Crippen molar-refractivity contribution in [1.82, 2.24) is 0 Å². The molecule has 5 heteroatoms. The molecule has 0 heterocycles. The third-order valence-electron chi connectivity index (χ3n) is 2.22. The predicted molar refractivity (Wildman–Crippen MR) is 60.3 cm³/mol. The van der Waals surface area contributed by atoms with Crippen LogP contribution in [0.5, 0.6) is 0 Å². The van der Waals surface area contributed by atoms with Crippen molar-refractivity contribution in [2.45, 2.75) is 19.4 Å². The molecular weight excluding hydrogens is 208 g/mol. The molecule has 0 aliphatic rings. The smallest absolute Gasteiger partial charge is 0.337 e. The number of hydrogen-bond acceptors (Lipinski definition) is 3. The van der Waals surface area contributed by atoms with Gasteiger partial charge < -0.3 is 16.2 Å². The van der Waals surface area contributed by atoms with Gasteiger partial charge in [0, 0.05) is 5.69 Å². The molecule has 0 spiro atoms. The standard InChI is InChI=1S/C11H14N2O3/c1-11(2,10(12)16)13-8-6-4-3-5-7(8)9(14)15/h3-6,13H,1-2H3,(H2,12,16)(H,14,15). The van der Waals surface area contributed by atoms with E-state index >= 15 is 0 Å². The van der Waals surface area contributed by atoms with E-state index in [1.165, 1.54) is 6.07 Å². The van der Waals surface area contributed by atoms with Crippen LogP contribution in [-0.2, 0) is 4.79 Å². The van der Waals surface area contributed by atoms with Gasteiger partial charge >= 0.3 is 5.97 Å². The first kappa shape index (κ1) is 12.0. The number of hydrogen-bond donors (Lipinski definition) is 3. The van der Waals surface area contributed by atoms with Crippen LogP contribution in [0.3, 0.4) is 0 Å². The minimum absolute atomic E-state index is 0.108. The van der Waals surface area contributed by atoms with E-state index in [0.29, 0.717) is 5.69 Å². The van der Waals surface area contributed by atoms with Crippen molar-refractivity contribution in [3.05, 3.63) is 29.8 Å². The Hall–Kier alpha value is -2.04. The number of carboxylic acids is 1. The van der Waals surface area contributed by atoms with Crippen LogP contribution in [-0.4, -0.2) is 22.5 Å². The van der Waals surface area contributed by atoms with E-state index in [2.05, 4.69) is 5.32 Å². The van der Waals surface area contributed by atoms with E-state index in [9.17, 15) is 9.59 Å². The second kappa shape index (κ2) is 4.22. The normalized spacial score (nSPS) is 10.9. The number of anilines is 1. The minimum atomic E-state index is -1.05. The van der Waals surface area contributed by atoms with Crippen molar-refractivity contribution in [3.8, 4) is 0 Å². The average molecular weight is 222 g/mol. The van der Waals surface area contributed by atoms with Crippen LogP contribution < -0.4 is 11.1 Å². The molecule has 0 radical (unpaired) electrons. The Morgan fingerprint density at radius 3 is 2.38 bits per heavy atom. The summed E-state index contributed by atoms with van der Waals surface area (Å²) < 4.78 is 0. The summed E-state index contributed by atoms with van der Waals surface area (Å²) in [5.74, 6) is -1.60. The Bertz CT molecular complexity index is 427. The molecule has 86 valence electrons. The maximum absolute atomic E-state index is 11.1. The fourth-order valence-corrected chi connectivity index (χ4v) is 1.18. The Labute approximate surface area is 93.3 Å². The van der Waals surface area contributed by atoms with Crippen LogP contribution in [0.15, 0.2) is 24.3 Å². The first-order valence-electron chi connectivity index (χ1n) is 4.75. The molecule has 1 aromatic carbocycles. The largest absolute Gasteiger partial charge is 0.478 e. The Balaban J connectivity index is 3.06. The number of nitrogens with two attached hydrogens (primary N) is 1. The zero-order valence-corrected chi connectivity index (χ0v) is 9.15. The second-order valence-electron chi connectivity index (χ2n) is 3.96. The minimum Gasteiger partial charge on any atom is -0.478 e. The zero-order valence-electron chi connectivity index (χ0n) is 9.15. The summed E-state index contributed by atoms with van der Waals surface area (Å²) in [5.41, 5.74) is 4.68. The van der Waals surface area contributed by atoms with E-state index < -0.39 is 17.4 Å². The van der Waals surface area contributed by atoms with Crippen LogP contribution in [0.4, 0.5) is 5.69 Å². The lowest BCUT2D eigenvalue weighted by Gasteiger charge is -2.24. The summed E-state index contributed by atoms with van der Waals surface area (Å²) >= 11 is 0. The number of primary amides is 1. The van der Waals surface area contributed by atoms with Gasteiger partial charge in [-0.05, 0) is 26.0 Å². The number of para-hydroxylation sites is 1. The fourth-order valence-electron chi connectivity index (χ4n) is 1.18. The summed E-state index contributed by atoms with van der Waals surface area (Å²) in [6.07, 6.45) is 0. The molecule has 0 aromatic heterocycles. The summed E-state index contributed by atoms with van der Waals surface area (Å²) in [5, 5.41) is 11.8. The van der Waals surface area contributed by atoms with E-state index in [4.69, 9.17) is 10.8 Å². The number of rotatable bonds is 4. The van der Waals surface area contributed by atoms with Crippen molar-refractivity contribution < 1.29 is 14.7 Å². The third-order valence-corrected chi connectivity index (χ3v) is 2.22. The SMILES string of the molecule is CC(C)(Nc1ccccc1C(=O)O)C(N)=O. The van der Waals surface area contributed by atoms with Gasteiger partial charge in [0.05, 0.1) is 5.56 Å². The van der Waals surface area contributed by atoms with Gasteiger partial charge in [0.25, 0.3) is 0 Å². The molecule has 1 rings (SSSR count). The molecule has 0 fully saturated rings. The van der Waals surface area contributed by atoms with E-state index in [1.54, 1.807) is 32.0 Å². The molecule has 0 unspecified atom stereocenters. The lowest BCUT2D eigenvalue weighted by atomic mass is 10.0. The number of aromatic carboxylic acids is 1. The van der Waals surface area contributed by atoms with Gasteiger partial charge in [-0.1, -0.05) is 12.1 Å². The van der Waals surface area contributed by atoms with Crippen molar-refractivity contribution in [1.29, 1.82) is 0 Å². The summed E-state index contributed by atoms with van der Waals surface area (Å²) in [4.78, 5) is 22.0. The maximum Gasteiger partial charge on any atom is 0.337 e. The van der Waals surface area contributed by atoms with Gasteiger partial charge in [0.15, 0.2) is 0 Å². The quantitative estimate of drug-likeness (QED) is 0.710. The molecule has 0 bridgehead atoms. The molecule has 0 aliphatic heterocycles. The summed E-state index contributed by atoms with van der Waals surface area (Å²) in [7, 11) is 0. The lowest BCUT2D eigenvalue weighted by Crippen LogP contribution is -2.45. The zero-order chi connectivity index (χ0) is 12.3. The van der Waals surface area contributed by atoms with Gasteiger partial charge in [-0.15, -0.1) is 0 Å².